The highest BCUT2D eigenvalue weighted by Gasteiger charge is 2.25. The summed E-state index contributed by atoms with van der Waals surface area (Å²) in [5, 5.41) is 0.0358. The summed E-state index contributed by atoms with van der Waals surface area (Å²) in [4.78, 5) is 0. The molecule has 1 aromatic rings. The number of halogens is 2. The molecule has 0 spiro atoms. The minimum absolute atomic E-state index is 0.0358. The van der Waals surface area contributed by atoms with Gasteiger partial charge in [-0.3, -0.25) is 0 Å². The molecule has 2 rings (SSSR count). The Morgan fingerprint density at radius 1 is 1.31 bits per heavy atom. The van der Waals surface area contributed by atoms with Crippen LogP contribution in [-0.2, 0) is 0 Å². The van der Waals surface area contributed by atoms with E-state index in [4.69, 9.17) is 11.6 Å². The summed E-state index contributed by atoms with van der Waals surface area (Å²) in [6.45, 7) is 4.23. The van der Waals surface area contributed by atoms with Crippen molar-refractivity contribution < 1.29 is 0 Å². The van der Waals surface area contributed by atoms with Crippen LogP contribution in [0.25, 0.3) is 6.08 Å². The van der Waals surface area contributed by atoms with E-state index in [9.17, 15) is 0 Å². The first kappa shape index (κ1) is 11.9. The quantitative estimate of drug-likeness (QED) is 0.570. The minimum Gasteiger partial charge on any atom is -0.117 e. The van der Waals surface area contributed by atoms with Crippen LogP contribution >= 0.6 is 27.5 Å². The van der Waals surface area contributed by atoms with Gasteiger partial charge in [0, 0.05) is 10.4 Å². The molecule has 2 unspecified atom stereocenters. The molecule has 0 heterocycles. The van der Waals surface area contributed by atoms with Gasteiger partial charge in [0.1, 0.15) is 0 Å². The number of rotatable bonds is 0. The summed E-state index contributed by atoms with van der Waals surface area (Å²) in [7, 11) is 0. The van der Waals surface area contributed by atoms with Crippen LogP contribution in [0.15, 0.2) is 40.4 Å². The maximum absolute atomic E-state index is 6.55. The lowest BCUT2D eigenvalue weighted by molar-refractivity contribution is 0.669. The van der Waals surface area contributed by atoms with E-state index < -0.39 is 0 Å². The molecule has 0 nitrogen and oxygen atoms in total. The molecule has 0 amide bonds. The molecule has 2 heteroatoms. The van der Waals surface area contributed by atoms with Crippen LogP contribution in [0.1, 0.15) is 30.4 Å². The third-order valence-electron chi connectivity index (χ3n) is 3.09. The van der Waals surface area contributed by atoms with Gasteiger partial charge >= 0.3 is 0 Å². The molecule has 84 valence electrons. The molecule has 0 bridgehead atoms. The second-order valence-corrected chi connectivity index (χ2v) is 5.38. The van der Waals surface area contributed by atoms with E-state index in [0.717, 1.165) is 4.48 Å². The summed E-state index contributed by atoms with van der Waals surface area (Å²) in [5.74, 6) is 0.320. The Kier molecular flexibility index (Phi) is 3.56. The van der Waals surface area contributed by atoms with Crippen molar-refractivity contribution in [1.29, 1.82) is 0 Å². The fourth-order valence-corrected chi connectivity index (χ4v) is 3.33. The van der Waals surface area contributed by atoms with E-state index >= 15 is 0 Å². The van der Waals surface area contributed by atoms with Crippen molar-refractivity contribution in [2.24, 2.45) is 5.92 Å². The van der Waals surface area contributed by atoms with Gasteiger partial charge in [0.15, 0.2) is 0 Å². The molecule has 0 saturated carbocycles. The molecule has 1 aliphatic carbocycles. The molecule has 0 N–H and O–H groups in total. The van der Waals surface area contributed by atoms with Crippen molar-refractivity contribution in [1.82, 2.24) is 0 Å². The standard InChI is InChI=1S/C14H14BrCl/c1-3-11-9(2)14(16)12-7-5-4-6-10(12)8-13(11)15/h3-9,14H,1-2H3/b11-3+. The van der Waals surface area contributed by atoms with Crippen molar-refractivity contribution >= 4 is 33.6 Å². The normalized spacial score (nSPS) is 27.2. The van der Waals surface area contributed by atoms with Gasteiger partial charge in [-0.2, -0.15) is 0 Å². The molecular formula is C14H14BrCl. The zero-order chi connectivity index (χ0) is 11.7. The van der Waals surface area contributed by atoms with Gasteiger partial charge in [-0.05, 0) is 29.7 Å². The monoisotopic (exact) mass is 296 g/mol. The zero-order valence-corrected chi connectivity index (χ0v) is 11.7. The molecule has 0 radical (unpaired) electrons. The van der Waals surface area contributed by atoms with Gasteiger partial charge in [0.25, 0.3) is 0 Å². The van der Waals surface area contributed by atoms with Gasteiger partial charge in [0.05, 0.1) is 5.38 Å². The lowest BCUT2D eigenvalue weighted by atomic mass is 9.94. The topological polar surface area (TPSA) is 0 Å². The summed E-state index contributed by atoms with van der Waals surface area (Å²) >= 11 is 10.2. The number of allylic oxidation sites excluding steroid dienone is 3. The Hall–Kier alpha value is -0.530. The summed E-state index contributed by atoms with van der Waals surface area (Å²) in [6.07, 6.45) is 4.29. The smallest absolute Gasteiger partial charge is 0.0657 e. The van der Waals surface area contributed by atoms with Crippen LogP contribution in [0.3, 0.4) is 0 Å². The number of benzene rings is 1. The van der Waals surface area contributed by atoms with Crippen LogP contribution in [0, 0.1) is 5.92 Å². The average molecular weight is 298 g/mol. The van der Waals surface area contributed by atoms with Crippen LogP contribution in [0.4, 0.5) is 0 Å². The van der Waals surface area contributed by atoms with Crippen molar-refractivity contribution in [3.63, 3.8) is 0 Å². The van der Waals surface area contributed by atoms with Crippen molar-refractivity contribution in [3.05, 3.63) is 51.5 Å². The first-order chi connectivity index (χ1) is 7.65. The molecule has 1 aliphatic rings. The van der Waals surface area contributed by atoms with Gasteiger partial charge in [-0.15, -0.1) is 11.6 Å². The number of alkyl halides is 1. The zero-order valence-electron chi connectivity index (χ0n) is 9.37. The van der Waals surface area contributed by atoms with E-state index in [1.165, 1.54) is 16.7 Å². The van der Waals surface area contributed by atoms with E-state index in [-0.39, 0.29) is 5.38 Å². The maximum atomic E-state index is 6.55. The lowest BCUT2D eigenvalue weighted by Crippen LogP contribution is -2.06. The highest BCUT2D eigenvalue weighted by molar-refractivity contribution is 9.12. The van der Waals surface area contributed by atoms with E-state index in [2.05, 4.69) is 54.1 Å². The first-order valence-corrected chi connectivity index (χ1v) is 6.65. The molecule has 0 aliphatic heterocycles. The molecule has 2 atom stereocenters. The number of fused-ring (bicyclic) bond motifs is 1. The fourth-order valence-electron chi connectivity index (χ4n) is 2.16. The average Bonchev–Trinajstić information content (AvgIpc) is 2.37. The van der Waals surface area contributed by atoms with Crippen LogP contribution in [-0.4, -0.2) is 0 Å². The number of hydrogen-bond donors (Lipinski definition) is 0. The highest BCUT2D eigenvalue weighted by atomic mass is 79.9. The van der Waals surface area contributed by atoms with Gasteiger partial charge in [0.2, 0.25) is 0 Å². The third kappa shape index (κ3) is 1.99. The van der Waals surface area contributed by atoms with Crippen molar-refractivity contribution in [3.8, 4) is 0 Å². The predicted molar refractivity (Wildman–Crippen MR) is 74.9 cm³/mol. The molecule has 0 fully saturated rings. The van der Waals surface area contributed by atoms with E-state index in [1.807, 2.05) is 12.1 Å². The van der Waals surface area contributed by atoms with Crippen molar-refractivity contribution in [2.45, 2.75) is 19.2 Å². The lowest BCUT2D eigenvalue weighted by Gasteiger charge is -2.19. The first-order valence-electron chi connectivity index (χ1n) is 5.42. The van der Waals surface area contributed by atoms with Crippen LogP contribution in [0.5, 0.6) is 0 Å². The number of hydrogen-bond acceptors (Lipinski definition) is 0. The predicted octanol–water partition coefficient (Wildman–Crippen LogP) is 5.30. The molecule has 0 saturated heterocycles. The van der Waals surface area contributed by atoms with Gasteiger partial charge in [-0.25, -0.2) is 0 Å². The summed E-state index contributed by atoms with van der Waals surface area (Å²) in [6, 6.07) is 8.31. The molecule has 1 aromatic carbocycles. The van der Waals surface area contributed by atoms with E-state index in [1.54, 1.807) is 0 Å². The van der Waals surface area contributed by atoms with Gasteiger partial charge in [-0.1, -0.05) is 53.2 Å². The Morgan fingerprint density at radius 3 is 2.69 bits per heavy atom. The third-order valence-corrected chi connectivity index (χ3v) is 4.39. The second-order valence-electron chi connectivity index (χ2n) is 4.06. The Morgan fingerprint density at radius 2 is 2.00 bits per heavy atom. The largest absolute Gasteiger partial charge is 0.117 e. The van der Waals surface area contributed by atoms with Gasteiger partial charge < -0.3 is 0 Å². The van der Waals surface area contributed by atoms with Crippen LogP contribution < -0.4 is 0 Å². The van der Waals surface area contributed by atoms with Crippen LogP contribution in [0.2, 0.25) is 0 Å². The summed E-state index contributed by atoms with van der Waals surface area (Å²) < 4.78 is 1.14. The Labute approximate surface area is 110 Å². The molecule has 16 heavy (non-hydrogen) atoms. The SMILES string of the molecule is C/C=C1/C(Br)=Cc2ccccc2C(Cl)C1C. The van der Waals surface area contributed by atoms with E-state index in [0.29, 0.717) is 5.92 Å². The Bertz CT molecular complexity index is 460. The highest BCUT2D eigenvalue weighted by Crippen LogP contribution is 2.43. The molecular weight excluding hydrogens is 284 g/mol. The Balaban J connectivity index is 2.61. The molecule has 0 aromatic heterocycles. The summed E-state index contributed by atoms with van der Waals surface area (Å²) in [5.41, 5.74) is 3.69. The maximum Gasteiger partial charge on any atom is 0.0657 e. The minimum atomic E-state index is 0.0358. The fraction of sp³-hybridized carbons (Fsp3) is 0.286. The van der Waals surface area contributed by atoms with Crippen molar-refractivity contribution in [2.75, 3.05) is 0 Å². The second kappa shape index (κ2) is 4.77.